The highest BCUT2D eigenvalue weighted by Crippen LogP contribution is 2.28. The maximum atomic E-state index is 14.3. The number of aryl methyl sites for hydroxylation is 1. The summed E-state index contributed by atoms with van der Waals surface area (Å²) in [7, 11) is 0. The van der Waals surface area contributed by atoms with Gasteiger partial charge in [-0.3, -0.25) is 14.4 Å². The number of hydrogen-bond donors (Lipinski definition) is 3. The van der Waals surface area contributed by atoms with Crippen molar-refractivity contribution in [2.24, 2.45) is 0 Å². The Balaban J connectivity index is 1.43. The van der Waals surface area contributed by atoms with E-state index in [2.05, 4.69) is 10.6 Å². The molecule has 0 aliphatic carbocycles. The molecule has 0 spiro atoms. The van der Waals surface area contributed by atoms with Crippen LogP contribution in [0.2, 0.25) is 0 Å². The number of aromatic hydroxyl groups is 1. The number of fused-ring (bicyclic) bond motifs is 1. The third kappa shape index (κ3) is 8.78. The normalized spacial score (nSPS) is 14.4. The van der Waals surface area contributed by atoms with E-state index < -0.39 is 29.0 Å². The van der Waals surface area contributed by atoms with E-state index in [0.717, 1.165) is 28.8 Å². The second-order valence-electron chi connectivity index (χ2n) is 11.9. The van der Waals surface area contributed by atoms with Crippen LogP contribution in [0.15, 0.2) is 54.6 Å². The minimum atomic E-state index is -1.05. The van der Waals surface area contributed by atoms with Crippen LogP contribution in [0.5, 0.6) is 5.75 Å². The van der Waals surface area contributed by atoms with Gasteiger partial charge >= 0.3 is 5.97 Å². The van der Waals surface area contributed by atoms with Gasteiger partial charge in [-0.25, -0.2) is 8.78 Å². The van der Waals surface area contributed by atoms with Crippen molar-refractivity contribution in [3.63, 3.8) is 0 Å². The molecule has 0 fully saturated rings. The number of esters is 1. The van der Waals surface area contributed by atoms with Crippen LogP contribution in [0.4, 0.5) is 14.5 Å². The molecule has 45 heavy (non-hydrogen) atoms. The van der Waals surface area contributed by atoms with Crippen molar-refractivity contribution in [3.8, 4) is 5.75 Å². The second kappa shape index (κ2) is 14.5. The van der Waals surface area contributed by atoms with Crippen LogP contribution < -0.4 is 10.6 Å². The summed E-state index contributed by atoms with van der Waals surface area (Å²) in [5, 5.41) is 15.5. The van der Waals surface area contributed by atoms with Gasteiger partial charge in [0.1, 0.15) is 17.5 Å². The van der Waals surface area contributed by atoms with Crippen molar-refractivity contribution >= 4 is 23.5 Å². The van der Waals surface area contributed by atoms with Crippen LogP contribution in [-0.4, -0.2) is 59.2 Å². The van der Waals surface area contributed by atoms with Crippen LogP contribution in [-0.2, 0) is 38.6 Å². The number of phenolic OH excluding ortho intramolecular Hbond substituents is 1. The van der Waals surface area contributed by atoms with Gasteiger partial charge in [0.05, 0.1) is 19.6 Å². The van der Waals surface area contributed by atoms with Crippen LogP contribution in [0.3, 0.4) is 0 Å². The first kappa shape index (κ1) is 33.4. The molecule has 240 valence electrons. The number of nitrogens with one attached hydrogen (secondary N) is 2. The number of carbonyl (C=O) groups excluding carboxylic acids is 3. The molecular formula is C34H39F2N3O6. The molecule has 4 rings (SSSR count). The standard InChI is InChI=1S/C34H39F2N3O6/c1-21-9-10-23(17-27(21)38-19-25-26(35)11-12-29(40)31(25)36)33(43)39-20-24-8-6-5-7-22(24)18-28(39)32(42)37-14-16-44-15-13-30(41)45-34(2,3)4/h5-12,17,28,38,40H,13-16,18-20H2,1-4H3,(H,37,42)/t28-/m0/s1. The van der Waals surface area contributed by atoms with Crippen LogP contribution in [0.1, 0.15) is 59.8 Å². The van der Waals surface area contributed by atoms with Crippen molar-refractivity contribution in [1.82, 2.24) is 10.2 Å². The lowest BCUT2D eigenvalue weighted by molar-refractivity contribution is -0.156. The van der Waals surface area contributed by atoms with Crippen molar-refractivity contribution in [1.29, 1.82) is 0 Å². The molecule has 2 amide bonds. The third-order valence-corrected chi connectivity index (χ3v) is 7.33. The summed E-state index contributed by atoms with van der Waals surface area (Å²) in [5.41, 5.74) is 2.50. The molecule has 1 heterocycles. The number of benzene rings is 3. The number of carbonyl (C=O) groups is 3. The smallest absolute Gasteiger partial charge is 0.308 e. The molecule has 1 atom stereocenters. The lowest BCUT2D eigenvalue weighted by Crippen LogP contribution is -2.53. The Bertz CT molecular complexity index is 1560. The molecule has 3 aromatic carbocycles. The molecule has 0 aromatic heterocycles. The summed E-state index contributed by atoms with van der Waals surface area (Å²) in [6.07, 6.45) is 0.415. The molecule has 0 unspecified atom stereocenters. The van der Waals surface area contributed by atoms with Crippen molar-refractivity contribution in [2.75, 3.05) is 25.1 Å². The van der Waals surface area contributed by atoms with E-state index in [-0.39, 0.29) is 62.6 Å². The third-order valence-electron chi connectivity index (χ3n) is 7.33. The molecule has 9 nitrogen and oxygen atoms in total. The van der Waals surface area contributed by atoms with Gasteiger partial charge in [-0.1, -0.05) is 30.3 Å². The van der Waals surface area contributed by atoms with Crippen molar-refractivity contribution < 1.29 is 37.7 Å². The van der Waals surface area contributed by atoms with Crippen molar-refractivity contribution in [2.45, 2.75) is 65.3 Å². The zero-order valence-corrected chi connectivity index (χ0v) is 25.9. The molecular weight excluding hydrogens is 584 g/mol. The lowest BCUT2D eigenvalue weighted by atomic mass is 9.92. The number of rotatable bonds is 11. The molecule has 3 N–H and O–H groups in total. The van der Waals surface area contributed by atoms with Gasteiger partial charge in [0.15, 0.2) is 11.6 Å². The minimum absolute atomic E-state index is 0.0952. The molecule has 1 aliphatic heterocycles. The Kier molecular flexibility index (Phi) is 10.8. The molecule has 0 bridgehead atoms. The van der Waals surface area contributed by atoms with Gasteiger partial charge in [-0.05, 0) is 68.7 Å². The average molecular weight is 624 g/mol. The van der Waals surface area contributed by atoms with Crippen molar-refractivity contribution in [3.05, 3.63) is 94.0 Å². The number of hydrogen-bond acceptors (Lipinski definition) is 7. The van der Waals surface area contributed by atoms with E-state index in [1.807, 2.05) is 24.3 Å². The topological polar surface area (TPSA) is 117 Å². The number of anilines is 1. The fourth-order valence-corrected chi connectivity index (χ4v) is 5.03. The monoisotopic (exact) mass is 623 g/mol. The van der Waals surface area contributed by atoms with E-state index >= 15 is 0 Å². The predicted molar refractivity (Wildman–Crippen MR) is 165 cm³/mol. The highest BCUT2D eigenvalue weighted by atomic mass is 19.1. The molecule has 3 aromatic rings. The molecule has 0 radical (unpaired) electrons. The van der Waals surface area contributed by atoms with Gasteiger partial charge in [-0.2, -0.15) is 0 Å². The minimum Gasteiger partial charge on any atom is -0.505 e. The van der Waals surface area contributed by atoms with Crippen LogP contribution >= 0.6 is 0 Å². The molecule has 0 saturated carbocycles. The van der Waals surface area contributed by atoms with E-state index in [9.17, 15) is 28.3 Å². The summed E-state index contributed by atoms with van der Waals surface area (Å²) in [4.78, 5) is 40.6. The SMILES string of the molecule is Cc1ccc(C(=O)N2Cc3ccccc3C[C@H]2C(=O)NCCOCCC(=O)OC(C)(C)C)cc1NCc1c(F)ccc(O)c1F. The van der Waals surface area contributed by atoms with Gasteiger partial charge in [0.25, 0.3) is 5.91 Å². The van der Waals surface area contributed by atoms with Gasteiger partial charge in [0.2, 0.25) is 5.91 Å². The molecule has 11 heteroatoms. The maximum absolute atomic E-state index is 14.3. The van der Waals surface area contributed by atoms with Gasteiger partial charge < -0.3 is 30.1 Å². The second-order valence-corrected chi connectivity index (χ2v) is 11.9. The Morgan fingerprint density at radius 2 is 1.76 bits per heavy atom. The lowest BCUT2D eigenvalue weighted by Gasteiger charge is -2.36. The summed E-state index contributed by atoms with van der Waals surface area (Å²) in [6, 6.07) is 13.7. The molecule has 1 aliphatic rings. The summed E-state index contributed by atoms with van der Waals surface area (Å²) in [6.45, 7) is 7.64. The number of phenols is 1. The Morgan fingerprint density at radius 1 is 1.02 bits per heavy atom. The first-order valence-electron chi connectivity index (χ1n) is 14.8. The first-order valence-corrected chi connectivity index (χ1v) is 14.8. The largest absolute Gasteiger partial charge is 0.505 e. The fraction of sp³-hybridized carbons (Fsp3) is 0.382. The Hall–Kier alpha value is -4.51. The maximum Gasteiger partial charge on any atom is 0.308 e. The zero-order valence-electron chi connectivity index (χ0n) is 25.9. The average Bonchev–Trinajstić information content (AvgIpc) is 2.99. The first-order chi connectivity index (χ1) is 21.3. The molecule has 0 saturated heterocycles. The highest BCUT2D eigenvalue weighted by molar-refractivity contribution is 5.98. The predicted octanol–water partition coefficient (Wildman–Crippen LogP) is 5.02. The summed E-state index contributed by atoms with van der Waals surface area (Å²) >= 11 is 0. The van der Waals surface area contributed by atoms with E-state index in [1.54, 1.807) is 45.9 Å². The number of ether oxygens (including phenoxy) is 2. The fourth-order valence-electron chi connectivity index (χ4n) is 5.03. The number of amides is 2. The number of nitrogens with zero attached hydrogens (tertiary/aromatic N) is 1. The van der Waals surface area contributed by atoms with Gasteiger partial charge in [0, 0.05) is 42.9 Å². The summed E-state index contributed by atoms with van der Waals surface area (Å²) in [5.74, 6) is -3.60. The van der Waals surface area contributed by atoms with Crippen LogP contribution in [0.25, 0.3) is 0 Å². The van der Waals surface area contributed by atoms with E-state index in [4.69, 9.17) is 9.47 Å². The Labute approximate surface area is 261 Å². The van der Waals surface area contributed by atoms with E-state index in [0.29, 0.717) is 17.7 Å². The highest BCUT2D eigenvalue weighted by Gasteiger charge is 2.35. The van der Waals surface area contributed by atoms with E-state index in [1.165, 1.54) is 4.90 Å². The number of halogens is 2. The quantitative estimate of drug-likeness (QED) is 0.203. The zero-order chi connectivity index (χ0) is 32.7. The van der Waals surface area contributed by atoms with Gasteiger partial charge in [-0.15, -0.1) is 0 Å². The summed E-state index contributed by atoms with van der Waals surface area (Å²) < 4.78 is 39.3. The Morgan fingerprint density at radius 3 is 2.49 bits per heavy atom. The van der Waals surface area contributed by atoms with Crippen LogP contribution in [0, 0.1) is 18.6 Å².